The summed E-state index contributed by atoms with van der Waals surface area (Å²) in [5.41, 5.74) is 0.290. The molecule has 1 aliphatic carbocycles. The van der Waals surface area contributed by atoms with Crippen molar-refractivity contribution in [1.29, 1.82) is 0 Å². The molecule has 196 valence electrons. The quantitative estimate of drug-likeness (QED) is 0.440. The number of likely N-dealkylation sites (tertiary alicyclic amines) is 1. The summed E-state index contributed by atoms with van der Waals surface area (Å²) in [4.78, 5) is 30.6. The van der Waals surface area contributed by atoms with Crippen molar-refractivity contribution in [3.63, 3.8) is 0 Å². The number of aromatic nitrogens is 2. The first-order chi connectivity index (χ1) is 17.1. The Morgan fingerprint density at radius 1 is 1.28 bits per heavy atom. The summed E-state index contributed by atoms with van der Waals surface area (Å²) >= 11 is 1.02. The van der Waals surface area contributed by atoms with E-state index in [9.17, 15) is 23.1 Å². The number of carbonyl (C=O) groups is 2. The summed E-state index contributed by atoms with van der Waals surface area (Å²) in [6.45, 7) is 4.79. The number of nitrogens with zero attached hydrogens (tertiary/aromatic N) is 5. The molecule has 1 saturated carbocycles. The van der Waals surface area contributed by atoms with Crippen molar-refractivity contribution in [2.75, 3.05) is 32.8 Å². The first-order valence-corrected chi connectivity index (χ1v) is 14.6. The standard InChI is InChI=1S/C23H33N6O5S2/c1-23(5-6-23)25-36(33,34)19-11-18-20(31)28(15-17-12-24-26(2)13-17)22(32)29(21(18)35-19)14-16-3-7-27(8-4-16)9-10-30/h11-13,16,18,25,30H,3-10,14-15H2,1-2H3/q+1. The van der Waals surface area contributed by atoms with Crippen LogP contribution in [0.5, 0.6) is 0 Å². The van der Waals surface area contributed by atoms with E-state index in [-0.39, 0.29) is 23.3 Å². The van der Waals surface area contributed by atoms with Crippen molar-refractivity contribution in [3.8, 4) is 0 Å². The van der Waals surface area contributed by atoms with Gasteiger partial charge < -0.3 is 10.0 Å². The van der Waals surface area contributed by atoms with Gasteiger partial charge in [-0.05, 0) is 69.5 Å². The first kappa shape index (κ1) is 25.6. The molecule has 36 heavy (non-hydrogen) atoms. The zero-order valence-electron chi connectivity index (χ0n) is 20.6. The van der Waals surface area contributed by atoms with Crippen molar-refractivity contribution in [2.24, 2.45) is 18.9 Å². The maximum absolute atomic E-state index is 13.7. The Bertz CT molecular complexity index is 1230. The van der Waals surface area contributed by atoms with Crippen molar-refractivity contribution in [1.82, 2.24) is 24.3 Å². The summed E-state index contributed by atoms with van der Waals surface area (Å²) in [5, 5.41) is 13.8. The van der Waals surface area contributed by atoms with Crippen LogP contribution in [-0.2, 0) is 28.4 Å². The number of urea groups is 1. The molecule has 0 spiro atoms. The van der Waals surface area contributed by atoms with Crippen LogP contribution in [0.3, 0.4) is 0 Å². The number of carbonyl (C=O) groups excluding carboxylic acids is 2. The van der Waals surface area contributed by atoms with E-state index in [1.54, 1.807) is 28.7 Å². The molecule has 11 nitrogen and oxygen atoms in total. The lowest BCUT2D eigenvalue weighted by atomic mass is 9.96. The fourth-order valence-electron chi connectivity index (χ4n) is 4.96. The van der Waals surface area contributed by atoms with Crippen molar-refractivity contribution < 1.29 is 27.7 Å². The molecule has 1 atom stereocenters. The number of amides is 3. The number of fused-ring (bicyclic) bond motifs is 1. The fraction of sp³-hybridized carbons (Fsp3) is 0.652. The topological polar surface area (TPSA) is 128 Å². The maximum atomic E-state index is 13.7. The predicted octanol–water partition coefficient (Wildman–Crippen LogP) is 0.674. The largest absolute Gasteiger partial charge is 0.501 e. The molecule has 5 rings (SSSR count). The number of sulfonamides is 1. The third-order valence-corrected chi connectivity index (χ3v) is 10.7. The first-order valence-electron chi connectivity index (χ1n) is 12.3. The van der Waals surface area contributed by atoms with E-state index in [1.807, 2.05) is 6.92 Å². The third kappa shape index (κ3) is 5.17. The number of aliphatic hydroxyl groups is 1. The Balaban J connectivity index is 1.43. The van der Waals surface area contributed by atoms with Crippen LogP contribution in [0.15, 0.2) is 22.7 Å². The lowest BCUT2D eigenvalue weighted by molar-refractivity contribution is -0.447. The highest BCUT2D eigenvalue weighted by atomic mass is 32.3. The molecule has 0 bridgehead atoms. The third-order valence-electron chi connectivity index (χ3n) is 7.34. The van der Waals surface area contributed by atoms with E-state index in [0.717, 1.165) is 56.1 Å². The number of β-amino-alcohol motifs (C(OH)–C–C–N with tert-alkyl or cyclic N) is 1. The van der Waals surface area contributed by atoms with Crippen LogP contribution in [-0.4, -0.2) is 93.0 Å². The highest BCUT2D eigenvalue weighted by Gasteiger charge is 2.53. The van der Waals surface area contributed by atoms with E-state index in [2.05, 4.69) is 14.7 Å². The second-order valence-corrected chi connectivity index (χ2v) is 13.4. The number of piperidine rings is 1. The SMILES string of the molecule is Cn1cc(CN2C(=O)C3C=C(S(=O)(=O)NC4(C)CC4)SC3=[N+](CC3CCN(CCO)CC3)C2=O)cn1. The Morgan fingerprint density at radius 3 is 2.61 bits per heavy atom. The minimum absolute atomic E-state index is 0.0810. The van der Waals surface area contributed by atoms with Crippen LogP contribution < -0.4 is 4.72 Å². The summed E-state index contributed by atoms with van der Waals surface area (Å²) in [6.07, 6.45) is 8.16. The van der Waals surface area contributed by atoms with Crippen molar-refractivity contribution in [3.05, 3.63) is 28.3 Å². The zero-order chi connectivity index (χ0) is 25.7. The molecule has 1 aromatic heterocycles. The number of nitrogens with one attached hydrogen (secondary N) is 1. The monoisotopic (exact) mass is 537 g/mol. The van der Waals surface area contributed by atoms with Gasteiger partial charge in [0.05, 0.1) is 19.3 Å². The number of thioether (sulfide) groups is 1. The number of aryl methyl sites for hydroxylation is 1. The molecule has 1 aromatic rings. The number of hydrogen-bond donors (Lipinski definition) is 2. The van der Waals surface area contributed by atoms with E-state index in [1.165, 1.54) is 11.0 Å². The summed E-state index contributed by atoms with van der Waals surface area (Å²) in [7, 11) is -2.03. The van der Waals surface area contributed by atoms with Crippen LogP contribution in [0.2, 0.25) is 0 Å². The van der Waals surface area contributed by atoms with Crippen LogP contribution in [0.4, 0.5) is 4.79 Å². The second kappa shape index (κ2) is 9.67. The van der Waals surface area contributed by atoms with Crippen molar-refractivity contribution in [2.45, 2.75) is 44.7 Å². The van der Waals surface area contributed by atoms with Crippen LogP contribution >= 0.6 is 11.8 Å². The van der Waals surface area contributed by atoms with Gasteiger partial charge in [0, 0.05) is 30.9 Å². The molecule has 3 aliphatic heterocycles. The van der Waals surface area contributed by atoms with Gasteiger partial charge in [-0.2, -0.15) is 19.4 Å². The molecule has 4 heterocycles. The Hall–Kier alpha value is -2.06. The number of imide groups is 1. The minimum Gasteiger partial charge on any atom is -0.395 e. The number of hydrogen-bond acceptors (Lipinski definition) is 8. The highest BCUT2D eigenvalue weighted by molar-refractivity contribution is 8.27. The van der Waals surface area contributed by atoms with Crippen molar-refractivity contribution >= 4 is 38.8 Å². The Labute approximate surface area is 215 Å². The average Bonchev–Trinajstić information content (AvgIpc) is 3.20. The molecule has 3 amide bonds. The van der Waals surface area contributed by atoms with Gasteiger partial charge in [-0.1, -0.05) is 0 Å². The summed E-state index contributed by atoms with van der Waals surface area (Å²) in [5.74, 6) is -1.00. The van der Waals surface area contributed by atoms with Gasteiger partial charge in [0.25, 0.3) is 0 Å². The molecular weight excluding hydrogens is 504 g/mol. The van der Waals surface area contributed by atoms with Gasteiger partial charge in [-0.3, -0.25) is 4.68 Å². The molecular formula is C23H33N6O5S2+. The summed E-state index contributed by atoms with van der Waals surface area (Å²) < 4.78 is 32.3. The van der Waals surface area contributed by atoms with E-state index in [4.69, 9.17) is 0 Å². The Kier molecular flexibility index (Phi) is 6.87. The average molecular weight is 538 g/mol. The zero-order valence-corrected chi connectivity index (χ0v) is 22.2. The normalized spacial score (nSPS) is 24.9. The molecule has 4 aliphatic rings. The van der Waals surface area contributed by atoms with Crippen LogP contribution in [0.1, 0.15) is 38.2 Å². The van der Waals surface area contributed by atoms with Gasteiger partial charge >= 0.3 is 11.9 Å². The molecule has 0 radical (unpaired) electrons. The highest BCUT2D eigenvalue weighted by Crippen LogP contribution is 2.42. The lowest BCUT2D eigenvalue weighted by Crippen LogP contribution is -2.53. The van der Waals surface area contributed by atoms with Crippen LogP contribution in [0, 0.1) is 11.8 Å². The van der Waals surface area contributed by atoms with E-state index < -0.39 is 33.4 Å². The molecule has 0 aromatic carbocycles. The maximum Gasteiger partial charge on any atom is 0.501 e. The summed E-state index contributed by atoms with van der Waals surface area (Å²) in [6, 6.07) is -0.422. The van der Waals surface area contributed by atoms with Gasteiger partial charge in [-0.25, -0.2) is 17.9 Å². The smallest absolute Gasteiger partial charge is 0.395 e. The van der Waals surface area contributed by atoms with Gasteiger partial charge in [0.15, 0.2) is 5.04 Å². The lowest BCUT2D eigenvalue weighted by Gasteiger charge is -2.32. The number of rotatable bonds is 9. The fourth-order valence-corrected chi connectivity index (χ4v) is 8.02. The minimum atomic E-state index is -3.80. The van der Waals surface area contributed by atoms with Crippen LogP contribution in [0.25, 0.3) is 0 Å². The van der Waals surface area contributed by atoms with Gasteiger partial charge in [0.2, 0.25) is 10.0 Å². The molecule has 1 saturated heterocycles. The second-order valence-electron chi connectivity index (χ2n) is 10.4. The van der Waals surface area contributed by atoms with E-state index in [0.29, 0.717) is 18.1 Å². The van der Waals surface area contributed by atoms with Gasteiger partial charge in [0.1, 0.15) is 16.7 Å². The Morgan fingerprint density at radius 2 is 2.00 bits per heavy atom. The molecule has 1 unspecified atom stereocenters. The molecule has 13 heteroatoms. The molecule has 2 fully saturated rings. The number of aliphatic hydroxyl groups excluding tert-OH is 1. The predicted molar refractivity (Wildman–Crippen MR) is 134 cm³/mol. The van der Waals surface area contributed by atoms with Gasteiger partial charge in [-0.15, -0.1) is 0 Å². The van der Waals surface area contributed by atoms with E-state index >= 15 is 0 Å². The molecule has 2 N–H and O–H groups in total.